The summed E-state index contributed by atoms with van der Waals surface area (Å²) < 4.78 is 66.8. The maximum atomic E-state index is 13.4. The highest BCUT2D eigenvalue weighted by Crippen LogP contribution is 2.35. The first kappa shape index (κ1) is 28.1. The summed E-state index contributed by atoms with van der Waals surface area (Å²) in [6.07, 6.45) is -2.53. The molecule has 206 valence electrons. The van der Waals surface area contributed by atoms with Crippen LogP contribution in [0.4, 0.5) is 13.2 Å². The van der Waals surface area contributed by atoms with Crippen molar-refractivity contribution in [1.29, 1.82) is 0 Å². The fraction of sp³-hybridized carbons (Fsp3) is 0.481. The molecular formula is C27H33F3N4O3S. The Hall–Kier alpha value is -2.92. The second-order valence-corrected chi connectivity index (χ2v) is 12.4. The van der Waals surface area contributed by atoms with Gasteiger partial charge in [0.05, 0.1) is 33.7 Å². The fourth-order valence-electron chi connectivity index (χ4n) is 5.25. The molecule has 3 aromatic rings. The summed E-state index contributed by atoms with van der Waals surface area (Å²) in [6.45, 7) is 4.20. The molecule has 7 nitrogen and oxygen atoms in total. The van der Waals surface area contributed by atoms with Crippen molar-refractivity contribution < 1.29 is 26.4 Å². The summed E-state index contributed by atoms with van der Waals surface area (Å²) in [4.78, 5) is 22.5. The molecule has 1 aliphatic rings. The number of rotatable bonds is 8. The molecular weight excluding hydrogens is 517 g/mol. The number of amides is 1. The minimum absolute atomic E-state index is 0.0866. The number of imidazole rings is 1. The maximum absolute atomic E-state index is 13.4. The highest BCUT2D eigenvalue weighted by molar-refractivity contribution is 7.91. The van der Waals surface area contributed by atoms with Crippen LogP contribution in [0.15, 0.2) is 53.4 Å². The smallest absolute Gasteiger partial charge is 0.349 e. The SMILES string of the molecule is CC(C)N(C)C1CCC(CS(=O)(=O)c2ccccc2)(NC(=O)Cc2nc3c(C(F)(F)F)cccc3[nH]2)CC1. The predicted octanol–water partition coefficient (Wildman–Crippen LogP) is 4.74. The number of carbonyl (C=O) groups is 1. The van der Waals surface area contributed by atoms with Crippen LogP contribution in [-0.2, 0) is 27.2 Å². The number of halogens is 3. The number of para-hydroxylation sites is 1. The zero-order chi connectivity index (χ0) is 27.7. The molecule has 1 aromatic heterocycles. The van der Waals surface area contributed by atoms with Gasteiger partial charge in [-0.2, -0.15) is 13.2 Å². The van der Waals surface area contributed by atoms with E-state index in [9.17, 15) is 26.4 Å². The third-order valence-electron chi connectivity index (χ3n) is 7.47. The number of hydrogen-bond donors (Lipinski definition) is 2. The van der Waals surface area contributed by atoms with Gasteiger partial charge >= 0.3 is 6.18 Å². The predicted molar refractivity (Wildman–Crippen MR) is 139 cm³/mol. The van der Waals surface area contributed by atoms with Gasteiger partial charge in [0.2, 0.25) is 5.91 Å². The standard InChI is InChI=1S/C27H33F3N4O3S/c1-18(2)34(3)19-12-14-26(15-13-19,17-38(36,37)20-8-5-4-6-9-20)33-24(35)16-23-31-22-11-7-10-21(25(22)32-23)27(28,29)30/h4-11,18-19H,12-17H2,1-3H3,(H,31,32)(H,33,35). The first-order valence-corrected chi connectivity index (χ1v) is 14.3. The van der Waals surface area contributed by atoms with Gasteiger partial charge in [-0.05, 0) is 70.8 Å². The molecule has 1 fully saturated rings. The Morgan fingerprint density at radius 1 is 1.13 bits per heavy atom. The van der Waals surface area contributed by atoms with Crippen molar-refractivity contribution in [3.8, 4) is 0 Å². The Morgan fingerprint density at radius 3 is 2.39 bits per heavy atom. The van der Waals surface area contributed by atoms with Gasteiger partial charge in [0.1, 0.15) is 11.3 Å². The van der Waals surface area contributed by atoms with Crippen molar-refractivity contribution in [2.24, 2.45) is 0 Å². The zero-order valence-corrected chi connectivity index (χ0v) is 22.5. The van der Waals surface area contributed by atoms with Gasteiger partial charge in [0.15, 0.2) is 9.84 Å². The summed E-state index contributed by atoms with van der Waals surface area (Å²) in [6, 6.07) is 12.4. The van der Waals surface area contributed by atoms with E-state index in [1.54, 1.807) is 18.2 Å². The summed E-state index contributed by atoms with van der Waals surface area (Å²) in [5.41, 5.74) is -1.94. The number of hydrogen-bond acceptors (Lipinski definition) is 5. The van der Waals surface area contributed by atoms with Crippen molar-refractivity contribution in [2.75, 3.05) is 12.8 Å². The molecule has 2 N–H and O–H groups in total. The van der Waals surface area contributed by atoms with Crippen LogP contribution in [0.5, 0.6) is 0 Å². The second kappa shape index (κ2) is 10.7. The lowest BCUT2D eigenvalue weighted by Gasteiger charge is -2.44. The van der Waals surface area contributed by atoms with E-state index in [0.29, 0.717) is 31.7 Å². The van der Waals surface area contributed by atoms with E-state index in [2.05, 4.69) is 34.0 Å². The van der Waals surface area contributed by atoms with E-state index in [0.717, 1.165) is 6.07 Å². The molecule has 0 atom stereocenters. The summed E-state index contributed by atoms with van der Waals surface area (Å²) in [5, 5.41) is 2.97. The molecule has 38 heavy (non-hydrogen) atoms. The van der Waals surface area contributed by atoms with Crippen LogP contribution in [0, 0.1) is 0 Å². The third-order valence-corrected chi connectivity index (χ3v) is 9.39. The summed E-state index contributed by atoms with van der Waals surface area (Å²) in [5.74, 6) is -0.660. The lowest BCUT2D eigenvalue weighted by Crippen LogP contribution is -2.57. The summed E-state index contributed by atoms with van der Waals surface area (Å²) >= 11 is 0. The van der Waals surface area contributed by atoms with Gasteiger partial charge in [0.25, 0.3) is 0 Å². The van der Waals surface area contributed by atoms with E-state index < -0.39 is 33.0 Å². The molecule has 1 saturated carbocycles. The Labute approximate surface area is 220 Å². The molecule has 0 radical (unpaired) electrons. The monoisotopic (exact) mass is 550 g/mol. The van der Waals surface area contributed by atoms with Gasteiger partial charge in [-0.3, -0.25) is 4.79 Å². The number of carbonyl (C=O) groups excluding carboxylic acids is 1. The Bertz CT molecular complexity index is 1380. The first-order chi connectivity index (χ1) is 17.8. The van der Waals surface area contributed by atoms with Crippen LogP contribution in [0.25, 0.3) is 11.0 Å². The molecule has 0 spiro atoms. The van der Waals surface area contributed by atoms with Gasteiger partial charge in [0, 0.05) is 12.1 Å². The van der Waals surface area contributed by atoms with E-state index in [-0.39, 0.29) is 40.0 Å². The number of sulfone groups is 1. The number of aromatic amines is 1. The van der Waals surface area contributed by atoms with Gasteiger partial charge < -0.3 is 15.2 Å². The number of benzene rings is 2. The average Bonchev–Trinajstić information content (AvgIpc) is 3.25. The lowest BCUT2D eigenvalue weighted by atomic mass is 9.79. The van der Waals surface area contributed by atoms with Gasteiger partial charge in [-0.15, -0.1) is 0 Å². The van der Waals surface area contributed by atoms with Gasteiger partial charge in [-0.1, -0.05) is 24.3 Å². The molecule has 0 aliphatic heterocycles. The Balaban J connectivity index is 1.57. The van der Waals surface area contributed by atoms with Gasteiger partial charge in [-0.25, -0.2) is 13.4 Å². The van der Waals surface area contributed by atoms with Crippen LogP contribution in [0.2, 0.25) is 0 Å². The largest absolute Gasteiger partial charge is 0.418 e. The quantitative estimate of drug-likeness (QED) is 0.423. The second-order valence-electron chi connectivity index (χ2n) is 10.5. The van der Waals surface area contributed by atoms with Crippen molar-refractivity contribution in [2.45, 2.75) is 74.6 Å². The van der Waals surface area contributed by atoms with Crippen molar-refractivity contribution in [3.05, 3.63) is 59.9 Å². The van der Waals surface area contributed by atoms with Crippen LogP contribution >= 0.6 is 0 Å². The molecule has 0 bridgehead atoms. The molecule has 1 aliphatic carbocycles. The molecule has 2 aromatic carbocycles. The number of alkyl halides is 3. The molecule has 0 saturated heterocycles. The first-order valence-electron chi connectivity index (χ1n) is 12.7. The van der Waals surface area contributed by atoms with Crippen molar-refractivity contribution in [1.82, 2.24) is 20.2 Å². The van der Waals surface area contributed by atoms with Crippen molar-refractivity contribution in [3.63, 3.8) is 0 Å². The Kier molecular flexibility index (Phi) is 7.90. The van der Waals surface area contributed by atoms with Crippen molar-refractivity contribution >= 4 is 26.8 Å². The number of nitrogens with one attached hydrogen (secondary N) is 2. The molecule has 11 heteroatoms. The number of aromatic nitrogens is 2. The van der Waals surface area contributed by atoms with Crippen LogP contribution in [-0.4, -0.2) is 59.6 Å². The Morgan fingerprint density at radius 2 is 1.79 bits per heavy atom. The zero-order valence-electron chi connectivity index (χ0n) is 21.7. The molecule has 1 heterocycles. The number of fused-ring (bicyclic) bond motifs is 1. The average molecular weight is 551 g/mol. The lowest BCUT2D eigenvalue weighted by molar-refractivity contribution is -0.136. The van der Waals surface area contributed by atoms with Crippen LogP contribution in [0.1, 0.15) is 50.9 Å². The minimum Gasteiger partial charge on any atom is -0.349 e. The van der Waals surface area contributed by atoms with E-state index in [1.165, 1.54) is 24.3 Å². The normalized spacial score (nSPS) is 20.8. The molecule has 0 unspecified atom stereocenters. The highest BCUT2D eigenvalue weighted by atomic mass is 32.2. The van der Waals surface area contributed by atoms with E-state index >= 15 is 0 Å². The van der Waals surface area contributed by atoms with Crippen LogP contribution in [0.3, 0.4) is 0 Å². The fourth-order valence-corrected chi connectivity index (χ4v) is 7.08. The van der Waals surface area contributed by atoms with Crippen LogP contribution < -0.4 is 5.32 Å². The van der Waals surface area contributed by atoms with E-state index in [4.69, 9.17) is 0 Å². The molecule has 4 rings (SSSR count). The third kappa shape index (κ3) is 6.20. The minimum atomic E-state index is -4.58. The summed E-state index contributed by atoms with van der Waals surface area (Å²) in [7, 11) is -1.67. The highest BCUT2D eigenvalue weighted by Gasteiger charge is 2.42. The number of H-pyrrole nitrogens is 1. The van der Waals surface area contributed by atoms with E-state index in [1.807, 2.05) is 7.05 Å². The molecule has 1 amide bonds. The number of nitrogens with zero attached hydrogens (tertiary/aromatic N) is 2. The topological polar surface area (TPSA) is 95.2 Å². The maximum Gasteiger partial charge on any atom is 0.418 e.